The summed E-state index contributed by atoms with van der Waals surface area (Å²) in [6.07, 6.45) is 11.2. The first kappa shape index (κ1) is 37.9. The molecule has 0 amide bonds. The quantitative estimate of drug-likeness (QED) is 0.0790. The van der Waals surface area contributed by atoms with Crippen LogP contribution in [0.4, 0.5) is 11.6 Å². The van der Waals surface area contributed by atoms with Gasteiger partial charge >= 0.3 is 5.97 Å². The topological polar surface area (TPSA) is 178 Å². The largest absolute Gasteiger partial charge is 0.507 e. The fourth-order valence-corrected chi connectivity index (χ4v) is 9.24. The maximum absolute atomic E-state index is 14.1. The van der Waals surface area contributed by atoms with E-state index in [4.69, 9.17) is 34.3 Å². The number of nitrogens with one attached hydrogen (secondary N) is 1. The molecule has 8 heterocycles. The van der Waals surface area contributed by atoms with Crippen LogP contribution in [-0.2, 0) is 27.2 Å². The zero-order chi connectivity index (χ0) is 40.3. The van der Waals surface area contributed by atoms with Crippen LogP contribution in [-0.4, -0.2) is 68.2 Å². The van der Waals surface area contributed by atoms with Crippen molar-refractivity contribution in [3.8, 4) is 22.8 Å². The molecule has 0 bridgehead atoms. The molecule has 4 N–H and O–H groups in total. The number of hydrogen-bond acceptors (Lipinski definition) is 13. The van der Waals surface area contributed by atoms with E-state index in [2.05, 4.69) is 40.5 Å². The number of aryl methyl sites for hydroxylation is 2. The number of aromatic hydroxyl groups is 1. The monoisotopic (exact) mass is 786 g/mol. The number of esters is 1. The van der Waals surface area contributed by atoms with E-state index >= 15 is 0 Å². The minimum Gasteiger partial charge on any atom is -0.507 e. The molecule has 13 heteroatoms. The molecule has 3 aromatic heterocycles. The summed E-state index contributed by atoms with van der Waals surface area (Å²) in [6.45, 7) is 9.83. The summed E-state index contributed by atoms with van der Waals surface area (Å²) in [6, 6.07) is 11.1. The van der Waals surface area contributed by atoms with Crippen LogP contribution in [0, 0.1) is 6.92 Å². The van der Waals surface area contributed by atoms with Crippen LogP contribution in [0.3, 0.4) is 0 Å². The molecule has 4 atom stereocenters. The number of phenols is 1. The van der Waals surface area contributed by atoms with Gasteiger partial charge in [-0.1, -0.05) is 19.8 Å². The van der Waals surface area contributed by atoms with Crippen LogP contribution in [0.15, 0.2) is 74.7 Å². The lowest BCUT2D eigenvalue weighted by Gasteiger charge is -2.45. The normalized spacial score (nSPS) is 24.0. The number of phenolic OH excluding ortho intramolecular Hbond substituents is 1. The van der Waals surface area contributed by atoms with Gasteiger partial charge in [-0.3, -0.25) is 9.79 Å². The zero-order valence-corrected chi connectivity index (χ0v) is 33.5. The van der Waals surface area contributed by atoms with E-state index < -0.39 is 23.3 Å². The van der Waals surface area contributed by atoms with Gasteiger partial charge in [0.1, 0.15) is 51.6 Å². The van der Waals surface area contributed by atoms with Gasteiger partial charge < -0.3 is 39.7 Å². The average molecular weight is 787 g/mol. The maximum Gasteiger partial charge on any atom is 0.341 e. The molecule has 13 nitrogen and oxygen atoms in total. The molecule has 0 radical (unpaired) electrons. The highest BCUT2D eigenvalue weighted by Crippen LogP contribution is 2.54. The molecular weight excluding hydrogens is 737 g/mol. The van der Waals surface area contributed by atoms with E-state index in [1.807, 2.05) is 38.3 Å². The first-order chi connectivity index (χ1) is 27.9. The molecule has 1 aromatic carbocycles. The predicted octanol–water partition coefficient (Wildman–Crippen LogP) is 7.24. The molecule has 58 heavy (non-hydrogen) atoms. The SMILES string of the molecule is CCCCCNc1cc(-c2cc(CC[C@@H]3O[C@@]34CCC[C@@H]3c5c(cc6oc(C)cc(=O)c6c5O)OC(C)(C)[C@@H]3OC4=O)cc(N)n2)cc(CN2C=C3C=CN=C3C2)n1. The minimum atomic E-state index is -1.06. The molecule has 5 aliphatic rings. The first-order valence-electron chi connectivity index (χ1n) is 20.5. The number of epoxide rings is 1. The number of fused-ring (bicyclic) bond motifs is 5. The molecule has 4 aromatic rings. The number of carbonyl (C=O) groups excluding carboxylic acids is 1. The third-order valence-electron chi connectivity index (χ3n) is 12.1. The summed E-state index contributed by atoms with van der Waals surface area (Å²) in [5.74, 6) is 1.08. The number of unbranched alkanes of at least 4 members (excludes halogenated alkanes) is 2. The number of aromatic nitrogens is 2. The minimum absolute atomic E-state index is 0.0983. The van der Waals surface area contributed by atoms with Crippen LogP contribution in [0.25, 0.3) is 22.2 Å². The second-order valence-corrected chi connectivity index (χ2v) is 16.8. The lowest BCUT2D eigenvalue weighted by atomic mass is 9.76. The Labute approximate surface area is 337 Å². The van der Waals surface area contributed by atoms with Crippen molar-refractivity contribution >= 4 is 34.3 Å². The molecule has 0 aliphatic carbocycles. The number of nitrogens with two attached hydrogens (primary N) is 1. The number of rotatable bonds is 11. The summed E-state index contributed by atoms with van der Waals surface area (Å²) in [5.41, 5.74) is 10.6. The van der Waals surface area contributed by atoms with Crippen LogP contribution >= 0.6 is 0 Å². The van der Waals surface area contributed by atoms with Crippen molar-refractivity contribution in [1.29, 1.82) is 0 Å². The van der Waals surface area contributed by atoms with Crippen molar-refractivity contribution in [3.63, 3.8) is 0 Å². The van der Waals surface area contributed by atoms with E-state index in [-0.39, 0.29) is 34.2 Å². The molecule has 9 rings (SSSR count). The molecule has 2 saturated heterocycles. The molecule has 0 saturated carbocycles. The van der Waals surface area contributed by atoms with Crippen LogP contribution in [0.2, 0.25) is 0 Å². The fraction of sp³-hybridized carbons (Fsp3) is 0.444. The summed E-state index contributed by atoms with van der Waals surface area (Å²) in [5, 5.41) is 15.1. The third-order valence-corrected chi connectivity index (χ3v) is 12.1. The number of allylic oxidation sites excluding steroid dienone is 1. The van der Waals surface area contributed by atoms with Crippen molar-refractivity contribution in [2.45, 2.75) is 115 Å². The van der Waals surface area contributed by atoms with E-state index in [0.717, 1.165) is 72.0 Å². The smallest absolute Gasteiger partial charge is 0.341 e. The predicted molar refractivity (Wildman–Crippen MR) is 221 cm³/mol. The lowest BCUT2D eigenvalue weighted by molar-refractivity contribution is -0.173. The Bertz CT molecular complexity index is 2470. The van der Waals surface area contributed by atoms with Gasteiger partial charge in [0.15, 0.2) is 11.0 Å². The van der Waals surface area contributed by atoms with Gasteiger partial charge in [0.2, 0.25) is 0 Å². The van der Waals surface area contributed by atoms with E-state index in [1.165, 1.54) is 6.07 Å². The Kier molecular flexibility index (Phi) is 9.53. The summed E-state index contributed by atoms with van der Waals surface area (Å²) in [4.78, 5) is 43.4. The van der Waals surface area contributed by atoms with Crippen molar-refractivity contribution in [2.24, 2.45) is 4.99 Å². The zero-order valence-electron chi connectivity index (χ0n) is 33.5. The van der Waals surface area contributed by atoms with E-state index in [9.17, 15) is 14.7 Å². The van der Waals surface area contributed by atoms with Crippen molar-refractivity contribution in [3.05, 3.63) is 93.3 Å². The molecule has 5 aliphatic heterocycles. The number of ether oxygens (including phenoxy) is 3. The summed E-state index contributed by atoms with van der Waals surface area (Å²) >= 11 is 0. The number of nitrogen functional groups attached to an aromatic ring is 1. The Morgan fingerprint density at radius 1 is 1.09 bits per heavy atom. The van der Waals surface area contributed by atoms with Gasteiger partial charge in [0, 0.05) is 53.7 Å². The second-order valence-electron chi connectivity index (χ2n) is 16.8. The molecule has 1 spiro atoms. The van der Waals surface area contributed by atoms with Gasteiger partial charge in [0.25, 0.3) is 0 Å². The number of carbonyl (C=O) groups is 1. The van der Waals surface area contributed by atoms with Gasteiger partial charge in [-0.05, 0) is 95.2 Å². The summed E-state index contributed by atoms with van der Waals surface area (Å²) < 4.78 is 24.8. The number of aliphatic imine (C=N–C) groups is 1. The standard InChI is InChI=1S/C45H50N6O7/c1-5-6-7-14-48-38-20-28(19-29(49-38)23-51-22-27-12-15-47-32(27)24-51)31-17-26(18-37(46)50-31)10-11-36-45(58-36)13-8-9-30-39-35(57-44(3,4)42(30)56-43(45)54)21-34-40(41(39)53)33(52)16-25(2)55-34/h12,15-22,30,36,42,53H,5-11,13-14,23-24H2,1-4H3,(H2,46,50)(H,48,49)/t30-,36+,42-,45+/m1/s1. The Morgan fingerprint density at radius 3 is 2.78 bits per heavy atom. The van der Waals surface area contributed by atoms with Gasteiger partial charge in [-0.15, -0.1) is 0 Å². The number of benzene rings is 1. The van der Waals surface area contributed by atoms with Crippen LogP contribution < -0.4 is 21.2 Å². The molecule has 2 fully saturated rings. The summed E-state index contributed by atoms with van der Waals surface area (Å²) in [7, 11) is 0. The van der Waals surface area contributed by atoms with Gasteiger partial charge in [0.05, 0.1) is 36.3 Å². The number of anilines is 2. The molecular formula is C45H50N6O7. The Morgan fingerprint density at radius 2 is 1.95 bits per heavy atom. The lowest BCUT2D eigenvalue weighted by Crippen LogP contribution is -2.53. The van der Waals surface area contributed by atoms with Crippen LogP contribution in [0.1, 0.15) is 94.2 Å². The van der Waals surface area contributed by atoms with Crippen LogP contribution in [0.5, 0.6) is 11.5 Å². The van der Waals surface area contributed by atoms with Crippen molar-refractivity contribution in [2.75, 3.05) is 24.1 Å². The highest BCUT2D eigenvalue weighted by molar-refractivity contribution is 6.07. The van der Waals surface area contributed by atoms with Crippen molar-refractivity contribution in [1.82, 2.24) is 14.9 Å². The molecule has 302 valence electrons. The maximum atomic E-state index is 14.1. The first-order valence-corrected chi connectivity index (χ1v) is 20.5. The van der Waals surface area contributed by atoms with E-state index in [1.54, 1.807) is 13.0 Å². The van der Waals surface area contributed by atoms with Gasteiger partial charge in [-0.2, -0.15) is 0 Å². The Hall–Kier alpha value is -5.69. The second kappa shape index (κ2) is 14.6. The highest BCUT2D eigenvalue weighted by Gasteiger charge is 2.65. The van der Waals surface area contributed by atoms with Gasteiger partial charge in [-0.25, -0.2) is 14.8 Å². The number of pyridine rings is 2. The number of hydrogen-bond donors (Lipinski definition) is 3. The van der Waals surface area contributed by atoms with Crippen molar-refractivity contribution < 1.29 is 28.5 Å². The highest BCUT2D eigenvalue weighted by atomic mass is 16.7. The van der Waals surface area contributed by atoms with E-state index in [0.29, 0.717) is 61.5 Å². The average Bonchev–Trinajstić information content (AvgIpc) is 3.49. The number of nitrogens with zero attached hydrogens (tertiary/aromatic N) is 4. The molecule has 0 unspecified atom stereocenters. The fourth-order valence-electron chi connectivity index (χ4n) is 9.24. The Balaban J connectivity index is 0.915. The third kappa shape index (κ3) is 6.99.